The molecule has 148 valence electrons. The first-order valence-corrected chi connectivity index (χ1v) is 9.84. The SMILES string of the molecule is CCC(C)C(NC(=O)c1ccccc1)C(=O)N1CCc2ccc(OC)cc2C1. The number of hydrogen-bond donors (Lipinski definition) is 1. The molecule has 0 aliphatic carbocycles. The maximum Gasteiger partial charge on any atom is 0.251 e. The Balaban J connectivity index is 1.77. The lowest BCUT2D eigenvalue weighted by Gasteiger charge is -2.34. The summed E-state index contributed by atoms with van der Waals surface area (Å²) in [6.07, 6.45) is 1.62. The van der Waals surface area contributed by atoms with Gasteiger partial charge in [0, 0.05) is 18.7 Å². The molecular weight excluding hydrogens is 352 g/mol. The van der Waals surface area contributed by atoms with Crippen molar-refractivity contribution in [3.63, 3.8) is 0 Å². The highest BCUT2D eigenvalue weighted by Gasteiger charge is 2.32. The van der Waals surface area contributed by atoms with Crippen molar-refractivity contribution in [3.05, 3.63) is 65.2 Å². The second kappa shape index (κ2) is 8.91. The molecule has 1 N–H and O–H groups in total. The highest BCUT2D eigenvalue weighted by atomic mass is 16.5. The van der Waals surface area contributed by atoms with Crippen LogP contribution in [0.5, 0.6) is 5.75 Å². The topological polar surface area (TPSA) is 58.6 Å². The van der Waals surface area contributed by atoms with E-state index in [2.05, 4.69) is 11.4 Å². The van der Waals surface area contributed by atoms with Crippen LogP contribution in [-0.2, 0) is 17.8 Å². The molecule has 2 aromatic rings. The lowest BCUT2D eigenvalue weighted by Crippen LogP contribution is -2.52. The molecule has 2 atom stereocenters. The number of nitrogens with zero attached hydrogens (tertiary/aromatic N) is 1. The molecule has 0 saturated carbocycles. The molecule has 0 saturated heterocycles. The van der Waals surface area contributed by atoms with Crippen LogP contribution >= 0.6 is 0 Å². The molecule has 2 unspecified atom stereocenters. The Morgan fingerprint density at radius 2 is 1.89 bits per heavy atom. The van der Waals surface area contributed by atoms with Crippen molar-refractivity contribution in [1.29, 1.82) is 0 Å². The number of nitrogens with one attached hydrogen (secondary N) is 1. The van der Waals surface area contributed by atoms with Crippen molar-refractivity contribution in [1.82, 2.24) is 10.2 Å². The molecule has 28 heavy (non-hydrogen) atoms. The highest BCUT2D eigenvalue weighted by molar-refractivity contribution is 5.97. The Labute approximate surface area is 166 Å². The third kappa shape index (κ3) is 4.35. The van der Waals surface area contributed by atoms with Gasteiger partial charge in [0.1, 0.15) is 11.8 Å². The summed E-state index contributed by atoms with van der Waals surface area (Å²) in [5, 5.41) is 2.97. The number of benzene rings is 2. The minimum atomic E-state index is -0.537. The second-order valence-corrected chi connectivity index (χ2v) is 7.35. The molecule has 5 heteroatoms. The quantitative estimate of drug-likeness (QED) is 0.835. The maximum atomic E-state index is 13.3. The van der Waals surface area contributed by atoms with Gasteiger partial charge in [0.05, 0.1) is 7.11 Å². The summed E-state index contributed by atoms with van der Waals surface area (Å²) in [6.45, 7) is 5.25. The van der Waals surface area contributed by atoms with Crippen LogP contribution in [0.1, 0.15) is 41.8 Å². The molecule has 1 heterocycles. The van der Waals surface area contributed by atoms with E-state index in [1.54, 1.807) is 19.2 Å². The largest absolute Gasteiger partial charge is 0.497 e. The van der Waals surface area contributed by atoms with E-state index in [4.69, 9.17) is 4.74 Å². The predicted octanol–water partition coefficient (Wildman–Crippen LogP) is 3.42. The fraction of sp³-hybridized carbons (Fsp3) is 0.391. The van der Waals surface area contributed by atoms with E-state index in [0.717, 1.165) is 24.2 Å². The Morgan fingerprint density at radius 3 is 2.57 bits per heavy atom. The molecule has 1 aliphatic heterocycles. The molecule has 5 nitrogen and oxygen atoms in total. The van der Waals surface area contributed by atoms with Gasteiger partial charge in [-0.2, -0.15) is 0 Å². The van der Waals surface area contributed by atoms with E-state index < -0.39 is 6.04 Å². The molecule has 0 bridgehead atoms. The van der Waals surface area contributed by atoms with Crippen LogP contribution in [-0.4, -0.2) is 36.4 Å². The predicted molar refractivity (Wildman–Crippen MR) is 109 cm³/mol. The Morgan fingerprint density at radius 1 is 1.14 bits per heavy atom. The van der Waals surface area contributed by atoms with Gasteiger partial charge in [-0.3, -0.25) is 9.59 Å². The maximum absolute atomic E-state index is 13.3. The summed E-state index contributed by atoms with van der Waals surface area (Å²) in [5.41, 5.74) is 2.92. The fourth-order valence-electron chi connectivity index (χ4n) is 3.54. The zero-order chi connectivity index (χ0) is 20.1. The first kappa shape index (κ1) is 19.9. The van der Waals surface area contributed by atoms with Crippen molar-refractivity contribution in [2.75, 3.05) is 13.7 Å². The van der Waals surface area contributed by atoms with E-state index in [1.165, 1.54) is 5.56 Å². The normalized spacial score (nSPS) is 15.3. The van der Waals surface area contributed by atoms with Crippen LogP contribution in [0.2, 0.25) is 0 Å². The molecule has 0 spiro atoms. The van der Waals surface area contributed by atoms with Crippen molar-refractivity contribution >= 4 is 11.8 Å². The van der Waals surface area contributed by atoms with Crippen LogP contribution < -0.4 is 10.1 Å². The van der Waals surface area contributed by atoms with E-state index in [-0.39, 0.29) is 17.7 Å². The summed E-state index contributed by atoms with van der Waals surface area (Å²) in [7, 11) is 1.64. The molecule has 2 amide bonds. The van der Waals surface area contributed by atoms with Gasteiger partial charge >= 0.3 is 0 Å². The number of rotatable bonds is 6. The summed E-state index contributed by atoms with van der Waals surface area (Å²) in [5.74, 6) is 0.612. The monoisotopic (exact) mass is 380 g/mol. The first-order valence-electron chi connectivity index (χ1n) is 9.84. The average molecular weight is 380 g/mol. The number of ether oxygens (including phenoxy) is 1. The van der Waals surface area contributed by atoms with E-state index in [9.17, 15) is 9.59 Å². The van der Waals surface area contributed by atoms with Gasteiger partial charge in [-0.1, -0.05) is 44.5 Å². The second-order valence-electron chi connectivity index (χ2n) is 7.35. The standard InChI is InChI=1S/C23H28N2O3/c1-4-16(2)21(24-22(26)18-8-6-5-7-9-18)23(27)25-13-12-17-10-11-20(28-3)14-19(17)15-25/h5-11,14,16,21H,4,12-13,15H2,1-3H3,(H,24,26). The van der Waals surface area contributed by atoms with Gasteiger partial charge in [0.15, 0.2) is 0 Å². The van der Waals surface area contributed by atoms with Crippen molar-refractivity contribution in [2.24, 2.45) is 5.92 Å². The fourth-order valence-corrected chi connectivity index (χ4v) is 3.54. The summed E-state index contributed by atoms with van der Waals surface area (Å²) >= 11 is 0. The molecule has 0 radical (unpaired) electrons. The molecule has 0 aromatic heterocycles. The minimum absolute atomic E-state index is 0.0212. The van der Waals surface area contributed by atoms with E-state index in [0.29, 0.717) is 18.7 Å². The van der Waals surface area contributed by atoms with Crippen LogP contribution in [0.25, 0.3) is 0 Å². The number of amides is 2. The zero-order valence-electron chi connectivity index (χ0n) is 16.8. The Kier molecular flexibility index (Phi) is 6.34. The van der Waals surface area contributed by atoms with Crippen LogP contribution in [0.4, 0.5) is 0 Å². The third-order valence-corrected chi connectivity index (χ3v) is 5.54. The van der Waals surface area contributed by atoms with Gasteiger partial charge in [-0.05, 0) is 47.7 Å². The van der Waals surface area contributed by atoms with Gasteiger partial charge < -0.3 is 15.0 Å². The van der Waals surface area contributed by atoms with Gasteiger partial charge in [-0.15, -0.1) is 0 Å². The molecule has 1 aliphatic rings. The smallest absolute Gasteiger partial charge is 0.251 e. The third-order valence-electron chi connectivity index (χ3n) is 5.54. The molecule has 3 rings (SSSR count). The van der Waals surface area contributed by atoms with E-state index >= 15 is 0 Å². The molecule has 0 fully saturated rings. The summed E-state index contributed by atoms with van der Waals surface area (Å²) < 4.78 is 5.32. The molecule has 2 aromatic carbocycles. The van der Waals surface area contributed by atoms with Crippen LogP contribution in [0.15, 0.2) is 48.5 Å². The summed E-state index contributed by atoms with van der Waals surface area (Å²) in [6, 6.07) is 14.5. The lowest BCUT2D eigenvalue weighted by molar-refractivity contribution is -0.135. The van der Waals surface area contributed by atoms with E-state index in [1.807, 2.05) is 49.1 Å². The lowest BCUT2D eigenvalue weighted by atomic mass is 9.94. The number of carbonyl (C=O) groups excluding carboxylic acids is 2. The minimum Gasteiger partial charge on any atom is -0.497 e. The number of hydrogen-bond acceptors (Lipinski definition) is 3. The Hall–Kier alpha value is -2.82. The average Bonchev–Trinajstić information content (AvgIpc) is 2.76. The Bertz CT molecular complexity index is 835. The van der Waals surface area contributed by atoms with Gasteiger partial charge in [-0.25, -0.2) is 0 Å². The molecular formula is C23H28N2O3. The van der Waals surface area contributed by atoms with Crippen molar-refractivity contribution in [3.8, 4) is 5.75 Å². The number of methoxy groups -OCH3 is 1. The highest BCUT2D eigenvalue weighted by Crippen LogP contribution is 2.25. The van der Waals surface area contributed by atoms with Crippen molar-refractivity contribution in [2.45, 2.75) is 39.3 Å². The van der Waals surface area contributed by atoms with Gasteiger partial charge in [0.25, 0.3) is 5.91 Å². The zero-order valence-corrected chi connectivity index (χ0v) is 16.8. The van der Waals surface area contributed by atoms with Crippen LogP contribution in [0.3, 0.4) is 0 Å². The van der Waals surface area contributed by atoms with Crippen molar-refractivity contribution < 1.29 is 14.3 Å². The number of carbonyl (C=O) groups is 2. The first-order chi connectivity index (χ1) is 13.5. The van der Waals surface area contributed by atoms with Gasteiger partial charge in [0.2, 0.25) is 5.91 Å². The summed E-state index contributed by atoms with van der Waals surface area (Å²) in [4.78, 5) is 27.8. The van der Waals surface area contributed by atoms with Crippen LogP contribution in [0, 0.1) is 5.92 Å². The number of fused-ring (bicyclic) bond motifs is 1.